The number of H-pyrrole nitrogens is 1. The number of para-hydroxylation sites is 1. The largest absolute Gasteiger partial charge is 0.361 e. The average Bonchev–Trinajstić information content (AvgIpc) is 2.98. The molecule has 1 aromatic heterocycles. The second-order valence-electron chi connectivity index (χ2n) is 4.23. The summed E-state index contributed by atoms with van der Waals surface area (Å²) >= 11 is 0. The molecule has 0 amide bonds. The van der Waals surface area contributed by atoms with Gasteiger partial charge in [0, 0.05) is 17.1 Å². The predicted molar refractivity (Wildman–Crippen MR) is 67.2 cm³/mol. The lowest BCUT2D eigenvalue weighted by Crippen LogP contribution is -2.03. The van der Waals surface area contributed by atoms with Crippen molar-refractivity contribution in [1.82, 2.24) is 4.98 Å². The molecule has 1 aromatic carbocycles. The van der Waals surface area contributed by atoms with E-state index in [1.54, 1.807) is 0 Å². The van der Waals surface area contributed by atoms with Crippen LogP contribution in [-0.2, 0) is 0 Å². The first-order valence-electron chi connectivity index (χ1n) is 5.64. The molecule has 1 N–H and O–H groups in total. The van der Waals surface area contributed by atoms with E-state index >= 15 is 0 Å². The Labute approximate surface area is 96.9 Å². The van der Waals surface area contributed by atoms with Crippen LogP contribution in [0.3, 0.4) is 0 Å². The molecule has 0 aliphatic heterocycles. The Balaban J connectivity index is 1.98. The minimum atomic E-state index is 0.450. The molecule has 1 saturated carbocycles. The Kier molecular flexibility index (Phi) is 2.47. The third-order valence-electron chi connectivity index (χ3n) is 3.28. The fraction of sp³-hybridized carbons (Fsp3) is 0.133. The van der Waals surface area contributed by atoms with Crippen molar-refractivity contribution in [1.29, 1.82) is 0 Å². The molecule has 1 heteroatoms. The Morgan fingerprint density at radius 2 is 1.81 bits per heavy atom. The van der Waals surface area contributed by atoms with Crippen LogP contribution in [0.1, 0.15) is 18.4 Å². The Morgan fingerprint density at radius 3 is 2.62 bits per heavy atom. The molecule has 1 aliphatic carbocycles. The van der Waals surface area contributed by atoms with Crippen LogP contribution in [0.15, 0.2) is 30.5 Å². The number of aromatic amines is 1. The standard InChI is InChI=1S/C15H14N/c1-11(12-6-2-3-7-12)14-10-16-15-9-5-4-8-13(14)15/h2-11,16H,1H3/t11-/m0/s1. The molecule has 5 radical (unpaired) electrons. The molecule has 0 saturated heterocycles. The van der Waals surface area contributed by atoms with Crippen LogP contribution >= 0.6 is 0 Å². The molecule has 79 valence electrons. The van der Waals surface area contributed by atoms with Gasteiger partial charge in [0.05, 0.1) is 0 Å². The topological polar surface area (TPSA) is 15.8 Å². The van der Waals surface area contributed by atoms with Gasteiger partial charge in [-0.2, -0.15) is 0 Å². The van der Waals surface area contributed by atoms with Crippen molar-refractivity contribution in [2.24, 2.45) is 0 Å². The summed E-state index contributed by atoms with van der Waals surface area (Å²) in [6, 6.07) is 8.46. The van der Waals surface area contributed by atoms with E-state index in [1.165, 1.54) is 22.4 Å². The van der Waals surface area contributed by atoms with Crippen LogP contribution in [0.2, 0.25) is 0 Å². The third kappa shape index (κ3) is 1.55. The number of nitrogens with one attached hydrogen (secondary N) is 1. The van der Waals surface area contributed by atoms with E-state index in [1.807, 2.05) is 0 Å². The summed E-state index contributed by atoms with van der Waals surface area (Å²) in [6.07, 6.45) is 10.7. The van der Waals surface area contributed by atoms with Crippen molar-refractivity contribution in [3.05, 3.63) is 67.6 Å². The van der Waals surface area contributed by atoms with Gasteiger partial charge in [-0.25, -0.2) is 0 Å². The van der Waals surface area contributed by atoms with Crippen molar-refractivity contribution in [2.75, 3.05) is 0 Å². The van der Waals surface area contributed by atoms with Gasteiger partial charge >= 0.3 is 0 Å². The number of fused-ring (bicyclic) bond motifs is 1. The molecule has 1 aliphatic rings. The molecular formula is C15H14N. The summed E-state index contributed by atoms with van der Waals surface area (Å²) in [6.45, 7) is 2.25. The normalized spacial score (nSPS) is 19.3. The van der Waals surface area contributed by atoms with E-state index in [9.17, 15) is 0 Å². The van der Waals surface area contributed by atoms with E-state index in [2.05, 4.69) is 68.1 Å². The first-order valence-corrected chi connectivity index (χ1v) is 5.64. The fourth-order valence-corrected chi connectivity index (χ4v) is 2.31. The smallest absolute Gasteiger partial charge is 0.0456 e. The van der Waals surface area contributed by atoms with Gasteiger partial charge in [-0.05, 0) is 49.1 Å². The molecule has 3 rings (SSSR count). The van der Waals surface area contributed by atoms with Gasteiger partial charge in [0.2, 0.25) is 0 Å². The molecule has 1 nitrogen and oxygen atoms in total. The maximum atomic E-state index is 3.33. The predicted octanol–water partition coefficient (Wildman–Crippen LogP) is 3.68. The van der Waals surface area contributed by atoms with Crippen molar-refractivity contribution >= 4 is 10.9 Å². The van der Waals surface area contributed by atoms with Crippen molar-refractivity contribution in [3.8, 4) is 0 Å². The van der Waals surface area contributed by atoms with Gasteiger partial charge in [-0.15, -0.1) is 0 Å². The number of benzene rings is 1. The van der Waals surface area contributed by atoms with Gasteiger partial charge in [0.1, 0.15) is 0 Å². The van der Waals surface area contributed by atoms with Crippen LogP contribution in [0.5, 0.6) is 0 Å². The Bertz CT molecular complexity index is 477. The second kappa shape index (κ2) is 3.97. The Hall–Kier alpha value is -1.24. The van der Waals surface area contributed by atoms with Crippen LogP contribution in [-0.4, -0.2) is 4.98 Å². The summed E-state index contributed by atoms with van der Waals surface area (Å²) in [4.78, 5) is 3.33. The number of hydrogen-bond donors (Lipinski definition) is 1. The summed E-state index contributed by atoms with van der Waals surface area (Å²) in [7, 11) is 0. The number of aromatic nitrogens is 1. The van der Waals surface area contributed by atoms with E-state index in [0.717, 1.165) is 0 Å². The second-order valence-corrected chi connectivity index (χ2v) is 4.23. The van der Waals surface area contributed by atoms with Crippen LogP contribution in [0, 0.1) is 31.6 Å². The molecule has 1 heterocycles. The third-order valence-corrected chi connectivity index (χ3v) is 3.28. The van der Waals surface area contributed by atoms with E-state index < -0.39 is 0 Å². The zero-order chi connectivity index (χ0) is 11.0. The molecule has 0 spiro atoms. The summed E-state index contributed by atoms with van der Waals surface area (Å²) < 4.78 is 0. The average molecular weight is 208 g/mol. The minimum Gasteiger partial charge on any atom is -0.361 e. The van der Waals surface area contributed by atoms with Crippen LogP contribution in [0.4, 0.5) is 0 Å². The highest BCUT2D eigenvalue weighted by atomic mass is 14.7. The summed E-state index contributed by atoms with van der Waals surface area (Å²) in [5, 5.41) is 1.33. The maximum absolute atomic E-state index is 3.33. The highest BCUT2D eigenvalue weighted by Crippen LogP contribution is 2.38. The Morgan fingerprint density at radius 1 is 1.06 bits per heavy atom. The first kappa shape index (κ1) is 9.95. The molecule has 0 bridgehead atoms. The summed E-state index contributed by atoms with van der Waals surface area (Å²) in [5.74, 6) is 1.83. The van der Waals surface area contributed by atoms with Crippen molar-refractivity contribution < 1.29 is 0 Å². The molecule has 1 atom stereocenters. The highest BCUT2D eigenvalue weighted by molar-refractivity contribution is 5.84. The van der Waals surface area contributed by atoms with Crippen LogP contribution < -0.4 is 0 Å². The monoisotopic (exact) mass is 208 g/mol. The lowest BCUT2D eigenvalue weighted by atomic mass is 9.86. The van der Waals surface area contributed by atoms with E-state index in [0.29, 0.717) is 5.92 Å². The van der Waals surface area contributed by atoms with Gasteiger partial charge < -0.3 is 4.98 Å². The van der Waals surface area contributed by atoms with Crippen molar-refractivity contribution in [2.45, 2.75) is 12.8 Å². The van der Waals surface area contributed by atoms with Crippen LogP contribution in [0.25, 0.3) is 10.9 Å². The number of hydrogen-bond acceptors (Lipinski definition) is 0. The maximum Gasteiger partial charge on any atom is 0.0456 e. The lowest BCUT2D eigenvalue weighted by molar-refractivity contribution is 0.834. The van der Waals surface area contributed by atoms with E-state index in [-0.39, 0.29) is 0 Å². The molecular weight excluding hydrogens is 194 g/mol. The lowest BCUT2D eigenvalue weighted by Gasteiger charge is -2.17. The highest BCUT2D eigenvalue weighted by Gasteiger charge is 2.25. The minimum absolute atomic E-state index is 0.450. The van der Waals surface area contributed by atoms with Crippen molar-refractivity contribution in [3.63, 3.8) is 0 Å². The zero-order valence-electron chi connectivity index (χ0n) is 9.27. The summed E-state index contributed by atoms with van der Waals surface area (Å²) in [5.41, 5.74) is 2.60. The van der Waals surface area contributed by atoms with Gasteiger partial charge in [0.15, 0.2) is 0 Å². The van der Waals surface area contributed by atoms with E-state index in [4.69, 9.17) is 0 Å². The van der Waals surface area contributed by atoms with Gasteiger partial charge in [-0.1, -0.05) is 25.1 Å². The SMILES string of the molecule is C[C@@H]([C]1[CH][CH][CH][CH]1)c1c[nH]c2ccccc12. The van der Waals surface area contributed by atoms with Gasteiger partial charge in [-0.3, -0.25) is 0 Å². The quantitative estimate of drug-likeness (QED) is 0.775. The molecule has 1 fully saturated rings. The first-order chi connectivity index (χ1) is 7.86. The molecule has 16 heavy (non-hydrogen) atoms. The zero-order valence-corrected chi connectivity index (χ0v) is 9.27. The number of rotatable bonds is 2. The molecule has 0 unspecified atom stereocenters. The van der Waals surface area contributed by atoms with Gasteiger partial charge in [0.25, 0.3) is 0 Å². The molecule has 2 aromatic rings. The fourth-order valence-electron chi connectivity index (χ4n) is 2.31.